The Bertz CT molecular complexity index is 439. The lowest BCUT2D eigenvalue weighted by molar-refractivity contribution is 1.18. The van der Waals surface area contributed by atoms with Crippen molar-refractivity contribution >= 4 is 27.5 Å². The molecule has 0 aliphatic rings. The Kier molecular flexibility index (Phi) is 3.45. The van der Waals surface area contributed by atoms with Gasteiger partial charge in [0.15, 0.2) is 0 Å². The zero-order valence-electron chi connectivity index (χ0n) is 8.03. The smallest absolute Gasteiger partial charge is 0.0645 e. The highest BCUT2D eigenvalue weighted by molar-refractivity contribution is 9.09. The standard InChI is InChI=1S/C13H10BrCl/c14-13(10-5-2-1-3-6-10)11-7-4-8-12(15)9-11/h1-9,13H/t13-/m0/s1. The SMILES string of the molecule is Clc1cccc([C@@H](Br)c2ccccc2)c1. The lowest BCUT2D eigenvalue weighted by atomic mass is 10.1. The maximum absolute atomic E-state index is 5.96. The molecule has 1 atom stereocenters. The summed E-state index contributed by atoms with van der Waals surface area (Å²) in [7, 11) is 0. The number of alkyl halides is 1. The molecule has 15 heavy (non-hydrogen) atoms. The van der Waals surface area contributed by atoms with Crippen LogP contribution in [-0.4, -0.2) is 0 Å². The van der Waals surface area contributed by atoms with Gasteiger partial charge in [0.05, 0.1) is 4.83 Å². The van der Waals surface area contributed by atoms with Crippen molar-refractivity contribution in [3.05, 3.63) is 70.7 Å². The molecule has 0 saturated carbocycles. The Hall–Kier alpha value is -0.790. The van der Waals surface area contributed by atoms with Gasteiger partial charge in [0, 0.05) is 5.02 Å². The molecule has 0 aromatic heterocycles. The minimum atomic E-state index is 0.206. The molecule has 0 spiro atoms. The highest BCUT2D eigenvalue weighted by Crippen LogP contribution is 2.31. The normalized spacial score (nSPS) is 12.4. The molecule has 0 fully saturated rings. The number of rotatable bonds is 2. The fourth-order valence-corrected chi connectivity index (χ4v) is 2.27. The van der Waals surface area contributed by atoms with Crippen LogP contribution in [0.4, 0.5) is 0 Å². The lowest BCUT2D eigenvalue weighted by Gasteiger charge is -2.10. The molecule has 2 heteroatoms. The first kappa shape index (κ1) is 10.7. The second kappa shape index (κ2) is 4.82. The summed E-state index contributed by atoms with van der Waals surface area (Å²) in [5.74, 6) is 0. The van der Waals surface area contributed by atoms with Crippen molar-refractivity contribution in [1.82, 2.24) is 0 Å². The molecule has 2 aromatic carbocycles. The molecular weight excluding hydrogens is 272 g/mol. The van der Waals surface area contributed by atoms with E-state index in [0.29, 0.717) is 0 Å². The zero-order valence-corrected chi connectivity index (χ0v) is 10.4. The second-order valence-electron chi connectivity index (χ2n) is 3.33. The molecule has 0 aliphatic heterocycles. The first-order valence-electron chi connectivity index (χ1n) is 4.72. The van der Waals surface area contributed by atoms with E-state index in [1.54, 1.807) is 0 Å². The van der Waals surface area contributed by atoms with Crippen LogP contribution < -0.4 is 0 Å². The predicted octanol–water partition coefficient (Wildman–Crippen LogP) is 4.82. The van der Waals surface area contributed by atoms with Crippen LogP contribution in [0.1, 0.15) is 16.0 Å². The van der Waals surface area contributed by atoms with E-state index in [1.807, 2.05) is 36.4 Å². The minimum Gasteiger partial charge on any atom is -0.0843 e. The van der Waals surface area contributed by atoms with Crippen LogP contribution in [0.15, 0.2) is 54.6 Å². The molecule has 0 bridgehead atoms. The summed E-state index contributed by atoms with van der Waals surface area (Å²) in [4.78, 5) is 0.206. The lowest BCUT2D eigenvalue weighted by Crippen LogP contribution is -1.91. The largest absolute Gasteiger partial charge is 0.0843 e. The van der Waals surface area contributed by atoms with Crippen LogP contribution in [-0.2, 0) is 0 Å². The third-order valence-electron chi connectivity index (χ3n) is 2.23. The van der Waals surface area contributed by atoms with Crippen LogP contribution in [0.25, 0.3) is 0 Å². The van der Waals surface area contributed by atoms with Gasteiger partial charge in [0.2, 0.25) is 0 Å². The van der Waals surface area contributed by atoms with Gasteiger partial charge in [-0.2, -0.15) is 0 Å². The average molecular weight is 282 g/mol. The van der Waals surface area contributed by atoms with E-state index in [1.165, 1.54) is 11.1 Å². The van der Waals surface area contributed by atoms with Crippen molar-refractivity contribution in [2.45, 2.75) is 4.83 Å². The molecule has 2 aromatic rings. The van der Waals surface area contributed by atoms with Gasteiger partial charge in [-0.3, -0.25) is 0 Å². The van der Waals surface area contributed by atoms with E-state index in [-0.39, 0.29) is 4.83 Å². The number of hydrogen-bond acceptors (Lipinski definition) is 0. The molecule has 0 nitrogen and oxygen atoms in total. The fraction of sp³-hybridized carbons (Fsp3) is 0.0769. The summed E-state index contributed by atoms with van der Waals surface area (Å²) in [6, 6.07) is 18.2. The van der Waals surface area contributed by atoms with E-state index >= 15 is 0 Å². The molecule has 0 saturated heterocycles. The van der Waals surface area contributed by atoms with Crippen LogP contribution in [0.3, 0.4) is 0 Å². The van der Waals surface area contributed by atoms with E-state index < -0.39 is 0 Å². The quantitative estimate of drug-likeness (QED) is 0.692. The molecule has 2 rings (SSSR count). The molecule has 0 heterocycles. The van der Waals surface area contributed by atoms with Gasteiger partial charge in [-0.05, 0) is 23.3 Å². The Morgan fingerprint density at radius 3 is 2.20 bits per heavy atom. The minimum absolute atomic E-state index is 0.206. The maximum Gasteiger partial charge on any atom is 0.0645 e. The number of hydrogen-bond donors (Lipinski definition) is 0. The van der Waals surface area contributed by atoms with Crippen molar-refractivity contribution in [2.75, 3.05) is 0 Å². The highest BCUT2D eigenvalue weighted by Gasteiger charge is 2.09. The Labute approximate surface area is 103 Å². The first-order valence-corrected chi connectivity index (χ1v) is 6.01. The Balaban J connectivity index is 2.32. The fourth-order valence-electron chi connectivity index (χ4n) is 1.48. The van der Waals surface area contributed by atoms with Gasteiger partial charge in [0.25, 0.3) is 0 Å². The van der Waals surface area contributed by atoms with Crippen LogP contribution >= 0.6 is 27.5 Å². The summed E-state index contributed by atoms with van der Waals surface area (Å²) in [6.45, 7) is 0. The Morgan fingerprint density at radius 1 is 0.867 bits per heavy atom. The number of halogens is 2. The summed E-state index contributed by atoms with van der Waals surface area (Å²) in [5, 5.41) is 0.771. The Morgan fingerprint density at radius 2 is 1.53 bits per heavy atom. The third kappa shape index (κ3) is 2.61. The van der Waals surface area contributed by atoms with Gasteiger partial charge < -0.3 is 0 Å². The topological polar surface area (TPSA) is 0 Å². The van der Waals surface area contributed by atoms with Gasteiger partial charge in [0.1, 0.15) is 0 Å². The third-order valence-corrected chi connectivity index (χ3v) is 3.53. The van der Waals surface area contributed by atoms with Crippen molar-refractivity contribution < 1.29 is 0 Å². The van der Waals surface area contributed by atoms with E-state index in [0.717, 1.165) is 5.02 Å². The van der Waals surface area contributed by atoms with Crippen molar-refractivity contribution in [1.29, 1.82) is 0 Å². The summed E-state index contributed by atoms with van der Waals surface area (Å²) in [5.41, 5.74) is 2.41. The van der Waals surface area contributed by atoms with Crippen molar-refractivity contribution in [2.24, 2.45) is 0 Å². The maximum atomic E-state index is 5.96. The van der Waals surface area contributed by atoms with Crippen molar-refractivity contribution in [3.8, 4) is 0 Å². The van der Waals surface area contributed by atoms with Gasteiger partial charge >= 0.3 is 0 Å². The zero-order chi connectivity index (χ0) is 10.7. The molecule has 0 aliphatic carbocycles. The molecule has 0 radical (unpaired) electrons. The van der Waals surface area contributed by atoms with Crippen LogP contribution in [0.2, 0.25) is 5.02 Å². The predicted molar refractivity (Wildman–Crippen MR) is 68.7 cm³/mol. The molecule has 76 valence electrons. The van der Waals surface area contributed by atoms with Crippen LogP contribution in [0, 0.1) is 0 Å². The molecule has 0 N–H and O–H groups in total. The van der Waals surface area contributed by atoms with Gasteiger partial charge in [-0.25, -0.2) is 0 Å². The van der Waals surface area contributed by atoms with E-state index in [2.05, 4.69) is 34.1 Å². The first-order chi connectivity index (χ1) is 7.27. The highest BCUT2D eigenvalue weighted by atomic mass is 79.9. The van der Waals surface area contributed by atoms with Gasteiger partial charge in [-0.15, -0.1) is 0 Å². The molecular formula is C13H10BrCl. The molecule has 0 unspecified atom stereocenters. The van der Waals surface area contributed by atoms with E-state index in [4.69, 9.17) is 11.6 Å². The van der Waals surface area contributed by atoms with Crippen molar-refractivity contribution in [3.63, 3.8) is 0 Å². The monoisotopic (exact) mass is 280 g/mol. The molecule has 0 amide bonds. The van der Waals surface area contributed by atoms with Gasteiger partial charge in [-0.1, -0.05) is 70.0 Å². The second-order valence-corrected chi connectivity index (χ2v) is 4.68. The van der Waals surface area contributed by atoms with Crippen LogP contribution in [0.5, 0.6) is 0 Å². The average Bonchev–Trinajstić information content (AvgIpc) is 2.29. The summed E-state index contributed by atoms with van der Waals surface area (Å²) >= 11 is 9.63. The summed E-state index contributed by atoms with van der Waals surface area (Å²) < 4.78 is 0. The summed E-state index contributed by atoms with van der Waals surface area (Å²) in [6.07, 6.45) is 0. The van der Waals surface area contributed by atoms with E-state index in [9.17, 15) is 0 Å². The number of benzene rings is 2.